The van der Waals surface area contributed by atoms with Crippen LogP contribution in [0.15, 0.2) is 28.7 Å². The van der Waals surface area contributed by atoms with E-state index in [9.17, 15) is 4.79 Å². The fourth-order valence-electron chi connectivity index (χ4n) is 1.36. The summed E-state index contributed by atoms with van der Waals surface area (Å²) in [6, 6.07) is 7.30. The molecule has 0 atom stereocenters. The van der Waals surface area contributed by atoms with Gasteiger partial charge in [-0.25, -0.2) is 0 Å². The maximum absolute atomic E-state index is 11.8. The van der Waals surface area contributed by atoms with Crippen molar-refractivity contribution in [2.24, 2.45) is 0 Å². The van der Waals surface area contributed by atoms with E-state index in [-0.39, 0.29) is 11.4 Å². The zero-order valence-electron chi connectivity index (χ0n) is 8.09. The Morgan fingerprint density at radius 3 is 2.47 bits per heavy atom. The van der Waals surface area contributed by atoms with Gasteiger partial charge in [-0.15, -0.1) is 11.6 Å². The zero-order chi connectivity index (χ0) is 10.9. The van der Waals surface area contributed by atoms with Crippen molar-refractivity contribution >= 4 is 33.4 Å². The Morgan fingerprint density at radius 1 is 1.40 bits per heavy atom. The number of carbonyl (C=O) groups excluding carboxylic acids is 1. The number of nitrogens with one attached hydrogen (secondary N) is 1. The van der Waals surface area contributed by atoms with Crippen LogP contribution in [0.3, 0.4) is 0 Å². The average Bonchev–Trinajstić information content (AvgIpc) is 2.99. The van der Waals surface area contributed by atoms with Crippen LogP contribution in [0.25, 0.3) is 0 Å². The van der Waals surface area contributed by atoms with Gasteiger partial charge in [-0.1, -0.05) is 15.9 Å². The minimum Gasteiger partial charge on any atom is -0.345 e. The van der Waals surface area contributed by atoms with Crippen LogP contribution in [0.2, 0.25) is 0 Å². The molecule has 0 aliphatic heterocycles. The number of halogens is 2. The Bertz CT molecular complexity index is 373. The fraction of sp³-hybridized carbons (Fsp3) is 0.364. The van der Waals surface area contributed by atoms with E-state index in [1.807, 2.05) is 12.1 Å². The molecule has 1 aliphatic carbocycles. The summed E-state index contributed by atoms with van der Waals surface area (Å²) in [6.45, 7) is 0. The van der Waals surface area contributed by atoms with Crippen molar-refractivity contribution < 1.29 is 4.79 Å². The number of hydrogen-bond acceptors (Lipinski definition) is 1. The van der Waals surface area contributed by atoms with Crippen LogP contribution in [0.5, 0.6) is 0 Å². The summed E-state index contributed by atoms with van der Waals surface area (Å²) in [6.07, 6.45) is 1.97. The smallest absolute Gasteiger partial charge is 0.251 e. The molecule has 80 valence electrons. The molecule has 15 heavy (non-hydrogen) atoms. The van der Waals surface area contributed by atoms with E-state index in [1.54, 1.807) is 12.1 Å². The van der Waals surface area contributed by atoms with E-state index >= 15 is 0 Å². The summed E-state index contributed by atoms with van der Waals surface area (Å²) in [4.78, 5) is 11.8. The molecule has 1 saturated carbocycles. The quantitative estimate of drug-likeness (QED) is 0.851. The molecule has 1 amide bonds. The van der Waals surface area contributed by atoms with Gasteiger partial charge in [-0.05, 0) is 37.1 Å². The van der Waals surface area contributed by atoms with Crippen LogP contribution in [0.4, 0.5) is 0 Å². The first-order valence-electron chi connectivity index (χ1n) is 4.79. The number of hydrogen-bond donors (Lipinski definition) is 1. The lowest BCUT2D eigenvalue weighted by atomic mass is 10.2. The van der Waals surface area contributed by atoms with E-state index in [1.165, 1.54) is 0 Å². The number of benzene rings is 1. The molecule has 0 heterocycles. The van der Waals surface area contributed by atoms with Gasteiger partial charge in [0.05, 0.1) is 5.54 Å². The second-order valence-corrected chi connectivity index (χ2v) is 5.06. The summed E-state index contributed by atoms with van der Waals surface area (Å²) in [5.41, 5.74) is 0.542. The second-order valence-electron chi connectivity index (χ2n) is 3.87. The number of rotatable bonds is 3. The summed E-state index contributed by atoms with van der Waals surface area (Å²) in [7, 11) is 0. The van der Waals surface area contributed by atoms with Crippen molar-refractivity contribution in [3.63, 3.8) is 0 Å². The lowest BCUT2D eigenvalue weighted by Gasteiger charge is -2.13. The monoisotopic (exact) mass is 287 g/mol. The maximum Gasteiger partial charge on any atom is 0.251 e. The van der Waals surface area contributed by atoms with Gasteiger partial charge in [0.2, 0.25) is 0 Å². The van der Waals surface area contributed by atoms with Gasteiger partial charge in [0.15, 0.2) is 0 Å². The van der Waals surface area contributed by atoms with Gasteiger partial charge in [0.1, 0.15) is 0 Å². The molecule has 0 bridgehead atoms. The molecule has 1 fully saturated rings. The van der Waals surface area contributed by atoms with E-state index in [4.69, 9.17) is 11.6 Å². The molecule has 0 radical (unpaired) electrons. The minimum atomic E-state index is -0.133. The van der Waals surface area contributed by atoms with Gasteiger partial charge in [-0.3, -0.25) is 4.79 Å². The van der Waals surface area contributed by atoms with Crippen LogP contribution in [-0.4, -0.2) is 17.3 Å². The molecular formula is C11H11BrClNO. The predicted molar refractivity (Wildman–Crippen MR) is 64.3 cm³/mol. The molecule has 1 N–H and O–H groups in total. The molecular weight excluding hydrogens is 277 g/mol. The van der Waals surface area contributed by atoms with Crippen LogP contribution in [-0.2, 0) is 0 Å². The first kappa shape index (κ1) is 11.0. The van der Waals surface area contributed by atoms with Crippen molar-refractivity contribution in [3.8, 4) is 0 Å². The average molecular weight is 289 g/mol. The van der Waals surface area contributed by atoms with E-state index in [0.29, 0.717) is 11.4 Å². The highest BCUT2D eigenvalue weighted by molar-refractivity contribution is 9.10. The third-order valence-corrected chi connectivity index (χ3v) is 3.63. The SMILES string of the molecule is O=C(NC1(CCl)CC1)c1ccc(Br)cc1. The molecule has 1 aliphatic rings. The van der Waals surface area contributed by atoms with Crippen LogP contribution in [0, 0.1) is 0 Å². The predicted octanol–water partition coefficient (Wildman–Crippen LogP) is 2.95. The Labute approximate surface area is 102 Å². The molecule has 1 aromatic rings. The van der Waals surface area contributed by atoms with Crippen LogP contribution in [0.1, 0.15) is 23.2 Å². The molecule has 2 rings (SSSR count). The van der Waals surface area contributed by atoms with Crippen LogP contribution >= 0.6 is 27.5 Å². The first-order chi connectivity index (χ1) is 7.15. The minimum absolute atomic E-state index is 0.0411. The van der Waals surface area contributed by atoms with Crippen molar-refractivity contribution in [3.05, 3.63) is 34.3 Å². The summed E-state index contributed by atoms with van der Waals surface area (Å²) in [5.74, 6) is 0.454. The summed E-state index contributed by atoms with van der Waals surface area (Å²) >= 11 is 9.12. The highest BCUT2D eigenvalue weighted by Crippen LogP contribution is 2.36. The van der Waals surface area contributed by atoms with Crippen LogP contribution < -0.4 is 5.32 Å². The van der Waals surface area contributed by atoms with E-state index in [2.05, 4.69) is 21.2 Å². The van der Waals surface area contributed by atoms with E-state index in [0.717, 1.165) is 17.3 Å². The van der Waals surface area contributed by atoms with Crippen molar-refractivity contribution in [1.82, 2.24) is 5.32 Å². The molecule has 0 unspecified atom stereocenters. The third-order valence-electron chi connectivity index (χ3n) is 2.59. The normalized spacial score (nSPS) is 17.2. The van der Waals surface area contributed by atoms with Crippen molar-refractivity contribution in [2.75, 3.05) is 5.88 Å². The van der Waals surface area contributed by atoms with Crippen molar-refractivity contribution in [2.45, 2.75) is 18.4 Å². The molecule has 2 nitrogen and oxygen atoms in total. The highest BCUT2D eigenvalue weighted by Gasteiger charge is 2.43. The molecule has 0 saturated heterocycles. The Kier molecular flexibility index (Phi) is 3.03. The standard InChI is InChI=1S/C11H11BrClNO/c12-9-3-1-8(2-4-9)10(15)14-11(7-13)5-6-11/h1-4H,5-7H2,(H,14,15). The molecule has 0 aromatic heterocycles. The van der Waals surface area contributed by atoms with Gasteiger partial charge < -0.3 is 5.32 Å². The topological polar surface area (TPSA) is 29.1 Å². The molecule has 4 heteroatoms. The molecule has 1 aromatic carbocycles. The Morgan fingerprint density at radius 2 is 2.00 bits per heavy atom. The number of alkyl halides is 1. The molecule has 0 spiro atoms. The number of amides is 1. The van der Waals surface area contributed by atoms with E-state index < -0.39 is 0 Å². The highest BCUT2D eigenvalue weighted by atomic mass is 79.9. The Hall–Kier alpha value is -0.540. The van der Waals surface area contributed by atoms with Gasteiger partial charge >= 0.3 is 0 Å². The van der Waals surface area contributed by atoms with Gasteiger partial charge in [0.25, 0.3) is 5.91 Å². The second kappa shape index (κ2) is 4.14. The summed E-state index contributed by atoms with van der Waals surface area (Å²) < 4.78 is 0.970. The van der Waals surface area contributed by atoms with Gasteiger partial charge in [-0.2, -0.15) is 0 Å². The fourth-order valence-corrected chi connectivity index (χ4v) is 1.96. The largest absolute Gasteiger partial charge is 0.345 e. The first-order valence-corrected chi connectivity index (χ1v) is 6.12. The van der Waals surface area contributed by atoms with Gasteiger partial charge in [0, 0.05) is 15.9 Å². The third kappa shape index (κ3) is 2.52. The lowest BCUT2D eigenvalue weighted by Crippen LogP contribution is -2.38. The summed E-state index contributed by atoms with van der Waals surface area (Å²) in [5, 5.41) is 2.97. The Balaban J connectivity index is 2.05. The zero-order valence-corrected chi connectivity index (χ0v) is 10.4. The maximum atomic E-state index is 11.8. The lowest BCUT2D eigenvalue weighted by molar-refractivity contribution is 0.0936. The van der Waals surface area contributed by atoms with Crippen molar-refractivity contribution in [1.29, 1.82) is 0 Å². The number of carbonyl (C=O) groups is 1.